The van der Waals surface area contributed by atoms with E-state index >= 15 is 0 Å². The molecule has 0 aliphatic heterocycles. The van der Waals surface area contributed by atoms with Gasteiger partial charge < -0.3 is 9.64 Å². The van der Waals surface area contributed by atoms with E-state index in [0.29, 0.717) is 18.7 Å². The van der Waals surface area contributed by atoms with Crippen molar-refractivity contribution in [3.63, 3.8) is 0 Å². The molecule has 2 aromatic carbocycles. The van der Waals surface area contributed by atoms with E-state index in [9.17, 15) is 4.79 Å². The summed E-state index contributed by atoms with van der Waals surface area (Å²) in [5.74, 6) is 1.08. The minimum atomic E-state index is 0.120. The standard InChI is InChI=1S/C23H23N5O2/c1-15-6-5-8-17-12-19(22-24-25-26-28(22)21(15)17)14-27(23(29)16-10-11-16)13-18-7-3-4-9-20(18)30-2/h3-9,12,16H,10-11,13-14H2,1-2H3. The van der Waals surface area contributed by atoms with Gasteiger partial charge in [0.1, 0.15) is 5.75 Å². The molecule has 0 bridgehead atoms. The summed E-state index contributed by atoms with van der Waals surface area (Å²) in [4.78, 5) is 15.0. The van der Waals surface area contributed by atoms with Gasteiger partial charge in [0.2, 0.25) is 5.91 Å². The lowest BCUT2D eigenvalue weighted by Crippen LogP contribution is -2.31. The molecule has 0 spiro atoms. The quantitative estimate of drug-likeness (QED) is 0.494. The molecule has 0 atom stereocenters. The topological polar surface area (TPSA) is 72.6 Å². The molecular formula is C23H23N5O2. The summed E-state index contributed by atoms with van der Waals surface area (Å²) < 4.78 is 7.29. The normalized spacial score (nSPS) is 13.7. The van der Waals surface area contributed by atoms with E-state index < -0.39 is 0 Å². The highest BCUT2D eigenvalue weighted by Gasteiger charge is 2.34. The summed E-state index contributed by atoms with van der Waals surface area (Å²) in [6.45, 7) is 2.98. The van der Waals surface area contributed by atoms with Crippen molar-refractivity contribution in [1.29, 1.82) is 0 Å². The first-order valence-corrected chi connectivity index (χ1v) is 10.2. The third-order valence-corrected chi connectivity index (χ3v) is 5.72. The molecule has 4 aromatic rings. The lowest BCUT2D eigenvalue weighted by molar-refractivity contribution is -0.133. The van der Waals surface area contributed by atoms with Gasteiger partial charge in [0.05, 0.1) is 12.6 Å². The molecule has 7 nitrogen and oxygen atoms in total. The zero-order valence-corrected chi connectivity index (χ0v) is 17.1. The van der Waals surface area contributed by atoms with E-state index in [1.807, 2.05) is 48.2 Å². The van der Waals surface area contributed by atoms with E-state index in [1.165, 1.54) is 0 Å². The molecule has 2 aromatic heterocycles. The molecule has 152 valence electrons. The maximum atomic E-state index is 13.1. The monoisotopic (exact) mass is 401 g/mol. The summed E-state index contributed by atoms with van der Waals surface area (Å²) in [5, 5.41) is 13.4. The molecule has 1 amide bonds. The molecule has 1 aliphatic rings. The number of nitrogens with zero attached hydrogens (tertiary/aromatic N) is 5. The van der Waals surface area contributed by atoms with Crippen LogP contribution in [0.3, 0.4) is 0 Å². The number of hydrogen-bond donors (Lipinski definition) is 0. The van der Waals surface area contributed by atoms with Crippen LogP contribution >= 0.6 is 0 Å². The number of carbonyl (C=O) groups is 1. The molecule has 2 heterocycles. The van der Waals surface area contributed by atoms with Crippen LogP contribution in [0.5, 0.6) is 5.75 Å². The van der Waals surface area contributed by atoms with Crippen molar-refractivity contribution in [1.82, 2.24) is 24.9 Å². The van der Waals surface area contributed by atoms with Crippen LogP contribution in [0.15, 0.2) is 48.5 Å². The zero-order chi connectivity index (χ0) is 20.7. The van der Waals surface area contributed by atoms with E-state index in [-0.39, 0.29) is 11.8 Å². The number of carbonyl (C=O) groups excluding carboxylic acids is 1. The van der Waals surface area contributed by atoms with Crippen molar-refractivity contribution in [3.8, 4) is 5.75 Å². The van der Waals surface area contributed by atoms with Gasteiger partial charge in [0.15, 0.2) is 5.65 Å². The second kappa shape index (κ2) is 7.40. The highest BCUT2D eigenvalue weighted by atomic mass is 16.5. The Morgan fingerprint density at radius 2 is 1.93 bits per heavy atom. The largest absolute Gasteiger partial charge is 0.496 e. The number of aryl methyl sites for hydroxylation is 1. The van der Waals surface area contributed by atoms with E-state index in [2.05, 4.69) is 27.7 Å². The van der Waals surface area contributed by atoms with Crippen LogP contribution in [0, 0.1) is 12.8 Å². The van der Waals surface area contributed by atoms with Crippen molar-refractivity contribution in [2.75, 3.05) is 7.11 Å². The van der Waals surface area contributed by atoms with Gasteiger partial charge in [-0.25, -0.2) is 0 Å². The minimum absolute atomic E-state index is 0.120. The fourth-order valence-corrected chi connectivity index (χ4v) is 4.04. The molecule has 0 N–H and O–H groups in total. The summed E-state index contributed by atoms with van der Waals surface area (Å²) in [6, 6.07) is 16.1. The number of fused-ring (bicyclic) bond motifs is 3. The summed E-state index contributed by atoms with van der Waals surface area (Å²) >= 11 is 0. The van der Waals surface area contributed by atoms with Gasteiger partial charge in [-0.2, -0.15) is 4.52 Å². The van der Waals surface area contributed by atoms with Crippen LogP contribution in [-0.2, 0) is 17.9 Å². The van der Waals surface area contributed by atoms with Crippen LogP contribution in [0.25, 0.3) is 16.6 Å². The number of hydrogen-bond acceptors (Lipinski definition) is 5. The first-order chi connectivity index (χ1) is 14.7. The third-order valence-electron chi connectivity index (χ3n) is 5.72. The molecule has 0 saturated heterocycles. The SMILES string of the molecule is COc1ccccc1CN(Cc1cc2cccc(C)c2n2nnnc12)C(=O)C1CC1. The molecule has 7 heteroatoms. The maximum absolute atomic E-state index is 13.1. The first kappa shape index (κ1) is 18.5. The van der Waals surface area contributed by atoms with Crippen LogP contribution < -0.4 is 4.74 Å². The first-order valence-electron chi connectivity index (χ1n) is 10.2. The van der Waals surface area contributed by atoms with Gasteiger partial charge in [0, 0.05) is 35.5 Å². The Hall–Kier alpha value is -3.48. The molecular weight excluding hydrogens is 378 g/mol. The Labute approximate surface area is 174 Å². The summed E-state index contributed by atoms with van der Waals surface area (Å²) in [6.07, 6.45) is 1.92. The fourth-order valence-electron chi connectivity index (χ4n) is 4.04. The molecule has 0 unspecified atom stereocenters. The van der Waals surface area contributed by atoms with Gasteiger partial charge in [0.25, 0.3) is 0 Å². The molecule has 1 saturated carbocycles. The van der Waals surface area contributed by atoms with Gasteiger partial charge >= 0.3 is 0 Å². The second-order valence-corrected chi connectivity index (χ2v) is 7.88. The van der Waals surface area contributed by atoms with Crippen molar-refractivity contribution in [3.05, 3.63) is 65.2 Å². The summed E-state index contributed by atoms with van der Waals surface area (Å²) in [5.41, 5.74) is 4.70. The number of rotatable bonds is 6. The van der Waals surface area contributed by atoms with Crippen LogP contribution in [0.2, 0.25) is 0 Å². The Bertz CT molecular complexity index is 1250. The molecule has 1 aliphatic carbocycles. The average molecular weight is 401 g/mol. The number of para-hydroxylation sites is 2. The van der Waals surface area contributed by atoms with Crippen LogP contribution in [0.1, 0.15) is 29.5 Å². The van der Waals surface area contributed by atoms with Gasteiger partial charge in [-0.1, -0.05) is 36.4 Å². The number of methoxy groups -OCH3 is 1. The number of tetrazole rings is 1. The Morgan fingerprint density at radius 1 is 1.13 bits per heavy atom. The van der Waals surface area contributed by atoms with Gasteiger partial charge in [-0.15, -0.1) is 5.10 Å². The number of aromatic nitrogens is 4. The molecule has 1 fully saturated rings. The highest BCUT2D eigenvalue weighted by Crippen LogP contribution is 2.33. The van der Waals surface area contributed by atoms with Crippen molar-refractivity contribution >= 4 is 22.5 Å². The number of pyridine rings is 1. The zero-order valence-electron chi connectivity index (χ0n) is 17.1. The van der Waals surface area contributed by atoms with Crippen molar-refractivity contribution < 1.29 is 9.53 Å². The second-order valence-electron chi connectivity index (χ2n) is 7.88. The smallest absolute Gasteiger partial charge is 0.226 e. The van der Waals surface area contributed by atoms with Crippen LogP contribution in [0.4, 0.5) is 0 Å². The Kier molecular flexibility index (Phi) is 4.58. The van der Waals surface area contributed by atoms with Crippen molar-refractivity contribution in [2.45, 2.75) is 32.9 Å². The van der Waals surface area contributed by atoms with E-state index in [0.717, 1.165) is 46.2 Å². The van der Waals surface area contributed by atoms with Crippen molar-refractivity contribution in [2.24, 2.45) is 5.92 Å². The Balaban J connectivity index is 1.57. The number of benzene rings is 2. The average Bonchev–Trinajstić information content (AvgIpc) is 3.49. The maximum Gasteiger partial charge on any atom is 0.226 e. The Morgan fingerprint density at radius 3 is 2.73 bits per heavy atom. The van der Waals surface area contributed by atoms with Gasteiger partial charge in [-0.3, -0.25) is 4.79 Å². The van der Waals surface area contributed by atoms with Crippen LogP contribution in [-0.4, -0.2) is 38.0 Å². The predicted molar refractivity (Wildman–Crippen MR) is 113 cm³/mol. The molecule has 5 rings (SSSR count). The third kappa shape index (κ3) is 3.26. The number of amides is 1. The lowest BCUT2D eigenvalue weighted by Gasteiger charge is -2.24. The van der Waals surface area contributed by atoms with Gasteiger partial charge in [-0.05, 0) is 47.9 Å². The highest BCUT2D eigenvalue weighted by molar-refractivity contribution is 5.86. The number of ether oxygens (including phenoxy) is 1. The minimum Gasteiger partial charge on any atom is -0.496 e. The molecule has 30 heavy (non-hydrogen) atoms. The predicted octanol–water partition coefficient (Wildman–Crippen LogP) is 3.53. The lowest BCUT2D eigenvalue weighted by atomic mass is 10.1. The van der Waals surface area contributed by atoms with E-state index in [4.69, 9.17) is 4.74 Å². The summed E-state index contributed by atoms with van der Waals surface area (Å²) in [7, 11) is 1.66. The molecule has 0 radical (unpaired) electrons. The van der Waals surface area contributed by atoms with E-state index in [1.54, 1.807) is 11.6 Å². The fraction of sp³-hybridized carbons (Fsp3) is 0.304.